The van der Waals surface area contributed by atoms with Gasteiger partial charge in [0, 0.05) is 0 Å². The van der Waals surface area contributed by atoms with Crippen molar-refractivity contribution in [2.24, 2.45) is 5.41 Å². The quantitative estimate of drug-likeness (QED) is 0.594. The van der Waals surface area contributed by atoms with Crippen LogP contribution in [-0.2, 0) is 9.53 Å². The minimum Gasteiger partial charge on any atom is -0.456 e. The first-order valence-corrected chi connectivity index (χ1v) is 5.89. The molecule has 1 aliphatic carbocycles. The second-order valence-corrected chi connectivity index (χ2v) is 5.41. The Balaban J connectivity index is 2.58. The summed E-state index contributed by atoms with van der Waals surface area (Å²) in [4.78, 5) is 11.3. The Hall–Kier alpha value is -0.830. The largest absolute Gasteiger partial charge is 0.456 e. The molecule has 0 aliphatic heterocycles. The number of ether oxygens (including phenoxy) is 1. The van der Waals surface area contributed by atoms with Crippen LogP contribution in [0.3, 0.4) is 0 Å². The van der Waals surface area contributed by atoms with E-state index in [-0.39, 0.29) is 11.5 Å². The molecule has 0 spiro atoms. The fourth-order valence-corrected chi connectivity index (χ4v) is 2.02. The van der Waals surface area contributed by atoms with Gasteiger partial charge in [-0.3, -0.25) is 0 Å². The molecule has 0 aromatic rings. The molecule has 1 N–H and O–H groups in total. The Morgan fingerprint density at radius 3 is 2.62 bits per heavy atom. The van der Waals surface area contributed by atoms with Crippen molar-refractivity contribution in [3.8, 4) is 0 Å². The molecule has 0 heterocycles. The molecule has 2 atom stereocenters. The summed E-state index contributed by atoms with van der Waals surface area (Å²) in [5, 5.41) is 9.08. The van der Waals surface area contributed by atoms with Crippen molar-refractivity contribution in [3.05, 3.63) is 11.6 Å². The number of allylic oxidation sites excluding steroid dienone is 1. The van der Waals surface area contributed by atoms with Gasteiger partial charge in [-0.15, -0.1) is 0 Å². The van der Waals surface area contributed by atoms with E-state index in [1.807, 2.05) is 6.92 Å². The third-order valence-corrected chi connectivity index (χ3v) is 3.07. The van der Waals surface area contributed by atoms with Crippen LogP contribution < -0.4 is 0 Å². The predicted octanol–water partition coefficient (Wildman–Crippen LogP) is 2.44. The summed E-state index contributed by atoms with van der Waals surface area (Å²) >= 11 is 0. The zero-order valence-corrected chi connectivity index (χ0v) is 10.6. The van der Waals surface area contributed by atoms with Crippen LogP contribution in [0.2, 0.25) is 0 Å². The lowest BCUT2D eigenvalue weighted by molar-refractivity contribution is -0.155. The van der Waals surface area contributed by atoms with Gasteiger partial charge in [-0.2, -0.15) is 0 Å². The molecule has 0 amide bonds. The summed E-state index contributed by atoms with van der Waals surface area (Å²) in [6, 6.07) is 0. The molecule has 3 nitrogen and oxygen atoms in total. The van der Waals surface area contributed by atoms with Crippen LogP contribution in [0.5, 0.6) is 0 Å². The Morgan fingerprint density at radius 2 is 2.12 bits per heavy atom. The smallest absolute Gasteiger partial charge is 0.335 e. The molecule has 0 aromatic carbocycles. The predicted molar refractivity (Wildman–Crippen MR) is 62.9 cm³/mol. The minimum atomic E-state index is -1.04. The molecule has 92 valence electrons. The third-order valence-electron chi connectivity index (χ3n) is 3.07. The highest BCUT2D eigenvalue weighted by Crippen LogP contribution is 2.36. The molecule has 0 radical (unpaired) electrons. The number of aliphatic hydroxyl groups is 1. The Kier molecular flexibility index (Phi) is 4.14. The summed E-state index contributed by atoms with van der Waals surface area (Å²) in [5.41, 5.74) is 1.46. The van der Waals surface area contributed by atoms with Gasteiger partial charge in [0.05, 0.1) is 0 Å². The average molecular weight is 226 g/mol. The monoisotopic (exact) mass is 226 g/mol. The zero-order valence-electron chi connectivity index (χ0n) is 10.6. The summed E-state index contributed by atoms with van der Waals surface area (Å²) in [7, 11) is 0. The lowest BCUT2D eigenvalue weighted by Gasteiger charge is -2.32. The topological polar surface area (TPSA) is 46.5 Å². The highest BCUT2D eigenvalue weighted by atomic mass is 16.6. The zero-order chi connectivity index (χ0) is 12.3. The molecule has 1 rings (SSSR count). The molecular weight excluding hydrogens is 204 g/mol. The van der Waals surface area contributed by atoms with Gasteiger partial charge in [0.2, 0.25) is 0 Å². The normalized spacial score (nSPS) is 23.2. The maximum atomic E-state index is 11.3. The molecule has 0 saturated heterocycles. The lowest BCUT2D eigenvalue weighted by Crippen LogP contribution is -2.28. The number of esters is 1. The van der Waals surface area contributed by atoms with Crippen LogP contribution in [0.1, 0.15) is 47.0 Å². The highest BCUT2D eigenvalue weighted by Gasteiger charge is 2.27. The van der Waals surface area contributed by atoms with Gasteiger partial charge in [-0.1, -0.05) is 19.9 Å². The van der Waals surface area contributed by atoms with Gasteiger partial charge >= 0.3 is 5.97 Å². The van der Waals surface area contributed by atoms with Crippen LogP contribution in [0.25, 0.3) is 0 Å². The van der Waals surface area contributed by atoms with Gasteiger partial charge in [-0.05, 0) is 44.1 Å². The molecule has 0 saturated carbocycles. The number of carbonyl (C=O) groups excluding carboxylic acids is 1. The van der Waals surface area contributed by atoms with Crippen molar-refractivity contribution in [2.45, 2.75) is 59.2 Å². The SMILES string of the molecule is CC(O)C(=O)OC(C)C1=CCCC(C)(C)C1. The van der Waals surface area contributed by atoms with Crippen LogP contribution in [0.4, 0.5) is 0 Å². The molecule has 2 unspecified atom stereocenters. The van der Waals surface area contributed by atoms with Gasteiger partial charge in [0.1, 0.15) is 12.2 Å². The second-order valence-electron chi connectivity index (χ2n) is 5.41. The fourth-order valence-electron chi connectivity index (χ4n) is 2.02. The number of hydrogen-bond donors (Lipinski definition) is 1. The van der Waals surface area contributed by atoms with E-state index in [1.54, 1.807) is 0 Å². The van der Waals surface area contributed by atoms with E-state index in [1.165, 1.54) is 18.9 Å². The number of rotatable bonds is 3. The fraction of sp³-hybridized carbons (Fsp3) is 0.769. The van der Waals surface area contributed by atoms with Crippen LogP contribution in [-0.4, -0.2) is 23.3 Å². The number of hydrogen-bond acceptors (Lipinski definition) is 3. The second kappa shape index (κ2) is 5.00. The molecule has 3 heteroatoms. The highest BCUT2D eigenvalue weighted by molar-refractivity contribution is 5.74. The van der Waals surface area contributed by atoms with Gasteiger partial charge < -0.3 is 9.84 Å². The summed E-state index contributed by atoms with van der Waals surface area (Å²) in [6.07, 6.45) is 4.07. The lowest BCUT2D eigenvalue weighted by atomic mass is 9.76. The average Bonchev–Trinajstić information content (AvgIpc) is 2.15. The molecule has 16 heavy (non-hydrogen) atoms. The number of aliphatic hydroxyl groups excluding tert-OH is 1. The minimum absolute atomic E-state index is 0.221. The van der Waals surface area contributed by atoms with E-state index in [0.717, 1.165) is 12.8 Å². The third kappa shape index (κ3) is 3.63. The molecule has 0 fully saturated rings. The Morgan fingerprint density at radius 1 is 1.50 bits per heavy atom. The van der Waals surface area contributed by atoms with Crippen molar-refractivity contribution < 1.29 is 14.6 Å². The van der Waals surface area contributed by atoms with Crippen molar-refractivity contribution in [3.63, 3.8) is 0 Å². The Labute approximate surface area is 97.5 Å². The maximum absolute atomic E-state index is 11.3. The van der Waals surface area contributed by atoms with Crippen molar-refractivity contribution in [2.75, 3.05) is 0 Å². The first kappa shape index (κ1) is 13.2. The molecular formula is C13H22O3. The van der Waals surface area contributed by atoms with Crippen LogP contribution in [0.15, 0.2) is 11.6 Å². The van der Waals surface area contributed by atoms with Gasteiger partial charge in [-0.25, -0.2) is 4.79 Å². The molecule has 0 bridgehead atoms. The van der Waals surface area contributed by atoms with Gasteiger partial charge in [0.25, 0.3) is 0 Å². The van der Waals surface area contributed by atoms with E-state index < -0.39 is 12.1 Å². The van der Waals surface area contributed by atoms with E-state index in [4.69, 9.17) is 9.84 Å². The van der Waals surface area contributed by atoms with E-state index in [9.17, 15) is 4.79 Å². The standard InChI is InChI=1S/C13H22O3/c1-9(14)12(15)16-10(2)11-6-5-7-13(3,4)8-11/h6,9-10,14H,5,7-8H2,1-4H3. The van der Waals surface area contributed by atoms with Crippen molar-refractivity contribution in [1.82, 2.24) is 0 Å². The molecule has 0 aromatic heterocycles. The summed E-state index contributed by atoms with van der Waals surface area (Å²) in [6.45, 7) is 7.74. The van der Waals surface area contributed by atoms with Crippen LogP contribution in [0, 0.1) is 5.41 Å². The molecule has 1 aliphatic rings. The Bertz CT molecular complexity index is 290. The summed E-state index contributed by atoms with van der Waals surface area (Å²) < 4.78 is 5.19. The number of carbonyl (C=O) groups is 1. The summed E-state index contributed by atoms with van der Waals surface area (Å²) in [5.74, 6) is -0.545. The van der Waals surface area contributed by atoms with E-state index >= 15 is 0 Å². The van der Waals surface area contributed by atoms with E-state index in [2.05, 4.69) is 19.9 Å². The van der Waals surface area contributed by atoms with E-state index in [0.29, 0.717) is 0 Å². The van der Waals surface area contributed by atoms with Crippen LogP contribution >= 0.6 is 0 Å². The van der Waals surface area contributed by atoms with Crippen molar-refractivity contribution >= 4 is 5.97 Å². The first-order chi connectivity index (χ1) is 7.32. The van der Waals surface area contributed by atoms with Crippen molar-refractivity contribution in [1.29, 1.82) is 0 Å². The van der Waals surface area contributed by atoms with Gasteiger partial charge in [0.15, 0.2) is 0 Å². The maximum Gasteiger partial charge on any atom is 0.335 e. The first-order valence-electron chi connectivity index (χ1n) is 5.89.